The third-order valence-corrected chi connectivity index (χ3v) is 3.07. The number of aliphatic imine (C=N–C) groups is 2. The molecule has 17 heavy (non-hydrogen) atoms. The molecular weight excluding hydrogens is 212 g/mol. The van der Waals surface area contributed by atoms with E-state index in [1.807, 2.05) is 20.9 Å². The van der Waals surface area contributed by atoms with Crippen LogP contribution >= 0.6 is 0 Å². The second-order valence-electron chi connectivity index (χ2n) is 4.84. The van der Waals surface area contributed by atoms with E-state index in [0.29, 0.717) is 12.1 Å². The molecule has 1 aliphatic rings. The van der Waals surface area contributed by atoms with Crippen LogP contribution in [0.2, 0.25) is 0 Å². The summed E-state index contributed by atoms with van der Waals surface area (Å²) in [4.78, 5) is 9.16. The molecule has 0 heterocycles. The molecule has 0 atom stereocenters. The van der Waals surface area contributed by atoms with Crippen molar-refractivity contribution >= 4 is 11.7 Å². The minimum atomic E-state index is 0.441. The van der Waals surface area contributed by atoms with E-state index in [9.17, 15) is 0 Å². The molecule has 1 aliphatic carbocycles. The molecule has 2 N–H and O–H groups in total. The molecule has 0 radical (unpaired) electrons. The molecule has 0 aliphatic heterocycles. The predicted molar refractivity (Wildman–Crippen MR) is 75.0 cm³/mol. The van der Waals surface area contributed by atoms with Crippen LogP contribution in [0.1, 0.15) is 46.5 Å². The quantitative estimate of drug-likeness (QED) is 0.583. The number of rotatable bonds is 3. The molecule has 0 aromatic carbocycles. The molecule has 0 aromatic heterocycles. The highest BCUT2D eigenvalue weighted by molar-refractivity contribution is 5.94. The highest BCUT2D eigenvalue weighted by Crippen LogP contribution is 2.21. The summed E-state index contributed by atoms with van der Waals surface area (Å²) in [5, 5.41) is 6.58. The minimum Gasteiger partial charge on any atom is -0.355 e. The standard InChI is InChI=1S/C13H26N4/c1-5-15-13(16-10(2)3)17-12-8-6-11(14-4)7-9-12/h11-12,14H,5-9H2,1-4H3,(H,15,17). The van der Waals surface area contributed by atoms with Gasteiger partial charge in [-0.05, 0) is 53.5 Å². The summed E-state index contributed by atoms with van der Waals surface area (Å²) in [5.74, 6) is 0.806. The van der Waals surface area contributed by atoms with Crippen molar-refractivity contribution in [3.8, 4) is 0 Å². The normalized spacial score (nSPS) is 25.5. The third-order valence-electron chi connectivity index (χ3n) is 3.07. The molecule has 0 saturated heterocycles. The maximum atomic E-state index is 4.72. The largest absolute Gasteiger partial charge is 0.355 e. The van der Waals surface area contributed by atoms with Gasteiger partial charge in [-0.25, -0.2) is 9.98 Å². The van der Waals surface area contributed by atoms with Gasteiger partial charge in [-0.2, -0.15) is 0 Å². The fourth-order valence-corrected chi connectivity index (χ4v) is 2.15. The zero-order valence-corrected chi connectivity index (χ0v) is 11.6. The SMILES string of the molecule is CCNC(N=C(C)C)=NC1CCC(NC)CC1. The summed E-state index contributed by atoms with van der Waals surface area (Å²) in [6, 6.07) is 1.12. The van der Waals surface area contributed by atoms with Gasteiger partial charge >= 0.3 is 0 Å². The van der Waals surface area contributed by atoms with Gasteiger partial charge in [0.15, 0.2) is 0 Å². The lowest BCUT2D eigenvalue weighted by Crippen LogP contribution is -2.32. The lowest BCUT2D eigenvalue weighted by molar-refractivity contribution is 0.359. The molecule has 1 fully saturated rings. The van der Waals surface area contributed by atoms with Crippen LogP contribution in [0.5, 0.6) is 0 Å². The van der Waals surface area contributed by atoms with Gasteiger partial charge in [-0.1, -0.05) is 0 Å². The van der Waals surface area contributed by atoms with Gasteiger partial charge in [0.1, 0.15) is 0 Å². The van der Waals surface area contributed by atoms with E-state index in [4.69, 9.17) is 4.99 Å². The Hall–Kier alpha value is -0.900. The van der Waals surface area contributed by atoms with Crippen molar-refractivity contribution in [2.24, 2.45) is 9.98 Å². The van der Waals surface area contributed by atoms with Crippen LogP contribution < -0.4 is 10.6 Å². The number of nitrogens with zero attached hydrogens (tertiary/aromatic N) is 2. The zero-order chi connectivity index (χ0) is 12.7. The molecule has 1 rings (SSSR count). The average Bonchev–Trinajstić information content (AvgIpc) is 2.29. The Morgan fingerprint density at radius 2 is 1.82 bits per heavy atom. The summed E-state index contributed by atoms with van der Waals surface area (Å²) in [6.07, 6.45) is 4.77. The van der Waals surface area contributed by atoms with Crippen molar-refractivity contribution in [1.29, 1.82) is 0 Å². The van der Waals surface area contributed by atoms with Crippen LogP contribution in [0.4, 0.5) is 0 Å². The number of hydrogen-bond donors (Lipinski definition) is 2. The molecule has 0 spiro atoms. The Labute approximate surface area is 105 Å². The Kier molecular flexibility index (Phi) is 6.19. The Morgan fingerprint density at radius 3 is 2.29 bits per heavy atom. The van der Waals surface area contributed by atoms with Crippen molar-refractivity contribution in [3.05, 3.63) is 0 Å². The molecule has 4 nitrogen and oxygen atoms in total. The van der Waals surface area contributed by atoms with Crippen molar-refractivity contribution in [2.45, 2.75) is 58.5 Å². The molecule has 0 amide bonds. The zero-order valence-electron chi connectivity index (χ0n) is 11.6. The van der Waals surface area contributed by atoms with E-state index in [1.165, 1.54) is 25.7 Å². The topological polar surface area (TPSA) is 48.8 Å². The highest BCUT2D eigenvalue weighted by atomic mass is 15.1. The predicted octanol–water partition coefficient (Wildman–Crippen LogP) is 1.96. The second kappa shape index (κ2) is 7.43. The Balaban J connectivity index is 2.56. The van der Waals surface area contributed by atoms with E-state index in [2.05, 4.69) is 22.5 Å². The van der Waals surface area contributed by atoms with Crippen LogP contribution in [0.3, 0.4) is 0 Å². The summed E-state index contributed by atoms with van der Waals surface area (Å²) in [7, 11) is 2.04. The van der Waals surface area contributed by atoms with Crippen molar-refractivity contribution in [3.63, 3.8) is 0 Å². The van der Waals surface area contributed by atoms with Gasteiger partial charge in [-0.15, -0.1) is 0 Å². The number of hydrogen-bond acceptors (Lipinski definition) is 2. The van der Waals surface area contributed by atoms with Gasteiger partial charge < -0.3 is 10.6 Å². The smallest absolute Gasteiger partial charge is 0.218 e. The monoisotopic (exact) mass is 238 g/mol. The van der Waals surface area contributed by atoms with Gasteiger partial charge in [-0.3, -0.25) is 0 Å². The highest BCUT2D eigenvalue weighted by Gasteiger charge is 2.19. The molecule has 0 unspecified atom stereocenters. The van der Waals surface area contributed by atoms with Crippen LogP contribution in [0.15, 0.2) is 9.98 Å². The third kappa shape index (κ3) is 5.31. The first-order chi connectivity index (χ1) is 8.15. The van der Waals surface area contributed by atoms with Gasteiger partial charge in [0, 0.05) is 18.3 Å². The van der Waals surface area contributed by atoms with Gasteiger partial charge in [0.2, 0.25) is 5.96 Å². The number of guanidine groups is 1. The Bertz CT molecular complexity index is 271. The van der Waals surface area contributed by atoms with Crippen LogP contribution in [-0.4, -0.2) is 37.3 Å². The van der Waals surface area contributed by atoms with Crippen molar-refractivity contribution < 1.29 is 0 Å². The van der Waals surface area contributed by atoms with E-state index in [1.54, 1.807) is 0 Å². The molecular formula is C13H26N4. The van der Waals surface area contributed by atoms with Crippen LogP contribution in [0.25, 0.3) is 0 Å². The maximum absolute atomic E-state index is 4.72. The van der Waals surface area contributed by atoms with Crippen molar-refractivity contribution in [1.82, 2.24) is 10.6 Å². The molecule has 0 bridgehead atoms. The first-order valence-electron chi connectivity index (χ1n) is 6.66. The van der Waals surface area contributed by atoms with Gasteiger partial charge in [0.05, 0.1) is 6.04 Å². The first kappa shape index (κ1) is 14.2. The molecule has 1 saturated carbocycles. The average molecular weight is 238 g/mol. The molecule has 0 aromatic rings. The van der Waals surface area contributed by atoms with E-state index in [-0.39, 0.29) is 0 Å². The summed E-state index contributed by atoms with van der Waals surface area (Å²) in [6.45, 7) is 6.96. The summed E-state index contributed by atoms with van der Waals surface area (Å²) >= 11 is 0. The first-order valence-corrected chi connectivity index (χ1v) is 6.66. The van der Waals surface area contributed by atoms with Crippen molar-refractivity contribution in [2.75, 3.05) is 13.6 Å². The van der Waals surface area contributed by atoms with E-state index >= 15 is 0 Å². The fourth-order valence-electron chi connectivity index (χ4n) is 2.15. The minimum absolute atomic E-state index is 0.441. The lowest BCUT2D eigenvalue weighted by Gasteiger charge is -2.26. The lowest BCUT2D eigenvalue weighted by atomic mass is 9.92. The van der Waals surface area contributed by atoms with Crippen LogP contribution in [-0.2, 0) is 0 Å². The Morgan fingerprint density at radius 1 is 1.18 bits per heavy atom. The van der Waals surface area contributed by atoms with E-state index in [0.717, 1.165) is 18.2 Å². The van der Waals surface area contributed by atoms with E-state index < -0.39 is 0 Å². The summed E-state index contributed by atoms with van der Waals surface area (Å²) in [5.41, 5.74) is 1.05. The van der Waals surface area contributed by atoms with Gasteiger partial charge in [0.25, 0.3) is 0 Å². The maximum Gasteiger partial charge on any atom is 0.218 e. The fraction of sp³-hybridized carbons (Fsp3) is 0.846. The molecule has 4 heteroatoms. The second-order valence-corrected chi connectivity index (χ2v) is 4.84. The summed E-state index contributed by atoms with van der Waals surface area (Å²) < 4.78 is 0. The molecule has 98 valence electrons. The number of nitrogens with one attached hydrogen (secondary N) is 2. The van der Waals surface area contributed by atoms with Crippen LogP contribution in [0, 0.1) is 0 Å².